The summed E-state index contributed by atoms with van der Waals surface area (Å²) in [6, 6.07) is 2.10. The second kappa shape index (κ2) is 7.05. The minimum atomic E-state index is -0.416. The van der Waals surface area contributed by atoms with Gasteiger partial charge in [-0.05, 0) is 56.6 Å². The van der Waals surface area contributed by atoms with E-state index < -0.39 is 5.90 Å². The number of rotatable bonds is 3. The van der Waals surface area contributed by atoms with Gasteiger partial charge in [0, 0.05) is 17.0 Å². The fourth-order valence-corrected chi connectivity index (χ4v) is 4.94. The molecule has 3 aromatic rings. The van der Waals surface area contributed by atoms with Crippen molar-refractivity contribution in [2.45, 2.75) is 44.9 Å². The van der Waals surface area contributed by atoms with E-state index in [9.17, 15) is 5.11 Å². The van der Waals surface area contributed by atoms with Crippen molar-refractivity contribution in [3.05, 3.63) is 28.4 Å². The third-order valence-electron chi connectivity index (χ3n) is 5.47. The van der Waals surface area contributed by atoms with E-state index in [0.29, 0.717) is 10.6 Å². The molecule has 0 atom stereocenters. The maximum atomic E-state index is 12.7. The Hall–Kier alpha value is -2.68. The van der Waals surface area contributed by atoms with Crippen LogP contribution in [0.3, 0.4) is 0 Å². The summed E-state index contributed by atoms with van der Waals surface area (Å²) in [5.41, 5.74) is 9.12. The van der Waals surface area contributed by atoms with Crippen LogP contribution in [0.5, 0.6) is 0 Å². The highest BCUT2D eigenvalue weighted by Crippen LogP contribution is 2.35. The van der Waals surface area contributed by atoms with Crippen molar-refractivity contribution in [3.63, 3.8) is 0 Å². The van der Waals surface area contributed by atoms with Crippen LogP contribution < -0.4 is 20.6 Å². The summed E-state index contributed by atoms with van der Waals surface area (Å²) in [7, 11) is 0. The Morgan fingerprint density at radius 1 is 1.21 bits per heavy atom. The Bertz CT molecular complexity index is 1050. The van der Waals surface area contributed by atoms with Gasteiger partial charge in [-0.3, -0.25) is 4.52 Å². The number of nitrogens with two attached hydrogens (primary N) is 1. The van der Waals surface area contributed by atoms with E-state index in [1.807, 2.05) is 0 Å². The van der Waals surface area contributed by atoms with Gasteiger partial charge in [0.05, 0.1) is 28.4 Å². The number of piperidine rings is 1. The summed E-state index contributed by atoms with van der Waals surface area (Å²) in [5, 5.41) is 19.7. The molecule has 9 heteroatoms. The van der Waals surface area contributed by atoms with Gasteiger partial charge in [0.1, 0.15) is 4.83 Å². The van der Waals surface area contributed by atoms with E-state index >= 15 is 0 Å². The van der Waals surface area contributed by atoms with Gasteiger partial charge in [-0.25, -0.2) is 9.98 Å². The molecular formula is C19H22N6O2S. The standard InChI is InChI=1S/C19H22N6O2S/c20-16-13-10-12-6-2-3-7-14(12)21-19(13)28-17(16)18(26)22-15-11-25(23-27-15)24-8-4-1-5-9-24/h10-11H,1-9H2,(H2-,20,22,23,26). The first-order valence-electron chi connectivity index (χ1n) is 9.80. The molecule has 0 aromatic carbocycles. The SMILES string of the molecule is Nc1c(/C([O-])=N/c2c[n+](N3CCCCC3)no2)sc2nc3c(cc12)CCCC3. The third-order valence-corrected chi connectivity index (χ3v) is 6.57. The van der Waals surface area contributed by atoms with Gasteiger partial charge in [0.25, 0.3) is 6.20 Å². The highest BCUT2D eigenvalue weighted by atomic mass is 32.1. The second-order valence-corrected chi connectivity index (χ2v) is 8.39. The molecule has 0 spiro atoms. The Kier molecular flexibility index (Phi) is 4.38. The lowest BCUT2D eigenvalue weighted by atomic mass is 9.95. The molecular weight excluding hydrogens is 376 g/mol. The van der Waals surface area contributed by atoms with E-state index in [1.165, 1.54) is 29.7 Å². The first kappa shape index (κ1) is 17.4. The number of anilines is 1. The molecule has 2 aliphatic rings. The summed E-state index contributed by atoms with van der Waals surface area (Å²) in [6.07, 6.45) is 9.48. The van der Waals surface area contributed by atoms with Crippen molar-refractivity contribution >= 4 is 39.0 Å². The van der Waals surface area contributed by atoms with Gasteiger partial charge in [-0.2, -0.15) is 5.01 Å². The van der Waals surface area contributed by atoms with Crippen LogP contribution in [-0.4, -0.2) is 29.2 Å². The predicted molar refractivity (Wildman–Crippen MR) is 105 cm³/mol. The zero-order chi connectivity index (χ0) is 19.1. The molecule has 28 heavy (non-hydrogen) atoms. The van der Waals surface area contributed by atoms with Gasteiger partial charge >= 0.3 is 5.88 Å². The quantitative estimate of drug-likeness (QED) is 0.408. The Morgan fingerprint density at radius 2 is 2.04 bits per heavy atom. The summed E-state index contributed by atoms with van der Waals surface area (Å²) >= 11 is 1.30. The summed E-state index contributed by atoms with van der Waals surface area (Å²) in [4.78, 5) is 11.7. The zero-order valence-electron chi connectivity index (χ0n) is 15.6. The minimum Gasteiger partial charge on any atom is -0.857 e. The summed E-state index contributed by atoms with van der Waals surface area (Å²) < 4.78 is 5.24. The highest BCUT2D eigenvalue weighted by molar-refractivity contribution is 7.21. The van der Waals surface area contributed by atoms with E-state index in [4.69, 9.17) is 15.2 Å². The molecule has 1 fully saturated rings. The minimum absolute atomic E-state index is 0.180. The molecule has 4 heterocycles. The molecule has 3 aromatic heterocycles. The van der Waals surface area contributed by atoms with Crippen LogP contribution in [0.4, 0.5) is 11.6 Å². The number of aryl methyl sites for hydroxylation is 2. The monoisotopic (exact) mass is 398 g/mol. The Balaban J connectivity index is 1.46. The molecule has 0 radical (unpaired) electrons. The van der Waals surface area contributed by atoms with Crippen LogP contribution in [-0.2, 0) is 12.8 Å². The largest absolute Gasteiger partial charge is 0.857 e. The number of thiophene rings is 1. The summed E-state index contributed by atoms with van der Waals surface area (Å²) in [6.45, 7) is 1.84. The van der Waals surface area contributed by atoms with Crippen LogP contribution >= 0.6 is 11.3 Å². The van der Waals surface area contributed by atoms with Crippen LogP contribution in [0.15, 0.2) is 21.8 Å². The lowest BCUT2D eigenvalue weighted by Crippen LogP contribution is -2.60. The van der Waals surface area contributed by atoms with Gasteiger partial charge in [0.2, 0.25) is 5.27 Å². The molecule has 2 N–H and O–H groups in total. The molecule has 1 aliphatic heterocycles. The number of aromatic nitrogens is 3. The molecule has 0 amide bonds. The van der Waals surface area contributed by atoms with Crippen LogP contribution in [0.25, 0.3) is 10.2 Å². The normalized spacial score (nSPS) is 17.9. The van der Waals surface area contributed by atoms with Gasteiger partial charge in [-0.15, -0.1) is 11.3 Å². The van der Waals surface area contributed by atoms with Gasteiger partial charge in [0.15, 0.2) is 0 Å². The van der Waals surface area contributed by atoms with Crippen molar-refractivity contribution in [1.29, 1.82) is 0 Å². The maximum Gasteiger partial charge on any atom is 0.324 e. The Morgan fingerprint density at radius 3 is 2.89 bits per heavy atom. The fourth-order valence-electron chi connectivity index (χ4n) is 3.96. The van der Waals surface area contributed by atoms with Gasteiger partial charge < -0.3 is 10.8 Å². The fraction of sp³-hybridized carbons (Fsp3) is 0.474. The third kappa shape index (κ3) is 3.09. The van der Waals surface area contributed by atoms with E-state index in [0.717, 1.165) is 61.1 Å². The van der Waals surface area contributed by atoms with Crippen molar-refractivity contribution in [2.75, 3.05) is 23.8 Å². The van der Waals surface area contributed by atoms with E-state index in [1.54, 1.807) is 11.0 Å². The lowest BCUT2D eigenvalue weighted by molar-refractivity contribution is -0.759. The number of aliphatic imine (C=N–C) groups is 1. The molecule has 8 nitrogen and oxygen atoms in total. The van der Waals surface area contributed by atoms with Crippen molar-refractivity contribution in [2.24, 2.45) is 4.99 Å². The highest BCUT2D eigenvalue weighted by Gasteiger charge is 2.23. The zero-order valence-corrected chi connectivity index (χ0v) is 16.4. The number of fused-ring (bicyclic) bond motifs is 2. The molecule has 0 unspecified atom stereocenters. The first-order valence-corrected chi connectivity index (χ1v) is 10.6. The average molecular weight is 398 g/mol. The number of nitrogen functional groups attached to an aromatic ring is 1. The van der Waals surface area contributed by atoms with Gasteiger partial charge in [-0.1, -0.05) is 0 Å². The average Bonchev–Trinajstić information content (AvgIpc) is 3.32. The lowest BCUT2D eigenvalue weighted by Gasteiger charge is -2.17. The number of hydrogen-bond donors (Lipinski definition) is 1. The topological polar surface area (TPSA) is 107 Å². The molecule has 1 aliphatic carbocycles. The summed E-state index contributed by atoms with van der Waals surface area (Å²) in [5.74, 6) is -0.236. The van der Waals surface area contributed by atoms with E-state index in [-0.39, 0.29) is 5.88 Å². The first-order chi connectivity index (χ1) is 13.7. The smallest absolute Gasteiger partial charge is 0.324 e. The van der Waals surface area contributed by atoms with Crippen LogP contribution in [0, 0.1) is 0 Å². The van der Waals surface area contributed by atoms with Crippen LogP contribution in [0.2, 0.25) is 0 Å². The molecule has 146 valence electrons. The maximum absolute atomic E-state index is 12.7. The molecule has 0 bridgehead atoms. The van der Waals surface area contributed by atoms with E-state index in [2.05, 4.69) is 21.3 Å². The Labute approximate surface area is 166 Å². The molecule has 5 rings (SSSR count). The number of pyridine rings is 1. The number of hydrogen-bond acceptors (Lipinski definition) is 8. The molecule has 1 saturated heterocycles. The second-order valence-electron chi connectivity index (χ2n) is 7.39. The number of nitrogens with zero attached hydrogens (tertiary/aromatic N) is 5. The molecule has 0 saturated carbocycles. The van der Waals surface area contributed by atoms with Crippen molar-refractivity contribution < 1.29 is 14.4 Å². The van der Waals surface area contributed by atoms with Crippen LogP contribution in [0.1, 0.15) is 48.2 Å². The van der Waals surface area contributed by atoms with Crippen molar-refractivity contribution in [1.82, 2.24) is 10.3 Å². The predicted octanol–water partition coefficient (Wildman–Crippen LogP) is 1.59. The van der Waals surface area contributed by atoms with Crippen molar-refractivity contribution in [3.8, 4) is 0 Å².